The number of hydrogen-bond donors (Lipinski definition) is 2. The van der Waals surface area contributed by atoms with Crippen LogP contribution in [-0.2, 0) is 14.4 Å². The monoisotopic (exact) mass is 497 g/mol. The van der Waals surface area contributed by atoms with E-state index in [-0.39, 0.29) is 24.1 Å². The molecular formula is C23H23N5O4S2. The normalized spacial score (nSPS) is 15.3. The smallest absolute Gasteiger partial charge is 0.231 e. The summed E-state index contributed by atoms with van der Waals surface area (Å²) in [5.74, 6) is 0.313. The van der Waals surface area contributed by atoms with Crippen molar-refractivity contribution < 1.29 is 19.1 Å². The molecule has 1 aliphatic heterocycles. The van der Waals surface area contributed by atoms with Gasteiger partial charge in [-0.1, -0.05) is 41.3 Å². The number of methoxy groups -OCH3 is 1. The zero-order valence-corrected chi connectivity index (χ0v) is 20.0. The van der Waals surface area contributed by atoms with Crippen LogP contribution in [0.1, 0.15) is 12.8 Å². The highest BCUT2D eigenvalue weighted by molar-refractivity contribution is 8.01. The number of aromatic nitrogens is 2. The number of thioether (sulfide) groups is 1. The van der Waals surface area contributed by atoms with Crippen LogP contribution in [0.2, 0.25) is 0 Å². The van der Waals surface area contributed by atoms with E-state index in [1.807, 2.05) is 30.3 Å². The Morgan fingerprint density at radius 1 is 1.12 bits per heavy atom. The highest BCUT2D eigenvalue weighted by Crippen LogP contribution is 2.29. The summed E-state index contributed by atoms with van der Waals surface area (Å²) in [4.78, 5) is 38.8. The third-order valence-corrected chi connectivity index (χ3v) is 7.10. The molecule has 0 aliphatic carbocycles. The van der Waals surface area contributed by atoms with Crippen LogP contribution in [0.15, 0.2) is 58.9 Å². The van der Waals surface area contributed by atoms with Crippen LogP contribution >= 0.6 is 23.1 Å². The van der Waals surface area contributed by atoms with Gasteiger partial charge in [0.05, 0.1) is 13.0 Å². The van der Waals surface area contributed by atoms with E-state index in [1.165, 1.54) is 23.1 Å². The quantitative estimate of drug-likeness (QED) is 0.343. The Hall–Kier alpha value is -3.44. The molecule has 4 rings (SSSR count). The summed E-state index contributed by atoms with van der Waals surface area (Å²) in [6.45, 7) is 0.300. The third kappa shape index (κ3) is 6.12. The molecule has 1 unspecified atom stereocenters. The van der Waals surface area contributed by atoms with Gasteiger partial charge in [-0.25, -0.2) is 0 Å². The third-order valence-electron chi connectivity index (χ3n) is 5.13. The van der Waals surface area contributed by atoms with E-state index in [4.69, 9.17) is 4.74 Å². The number of rotatable bonds is 9. The number of hydrogen-bond acceptors (Lipinski definition) is 8. The number of anilines is 3. The summed E-state index contributed by atoms with van der Waals surface area (Å²) >= 11 is 2.64. The minimum Gasteiger partial charge on any atom is -0.497 e. The van der Waals surface area contributed by atoms with Crippen molar-refractivity contribution >= 4 is 57.3 Å². The number of amides is 3. The van der Waals surface area contributed by atoms with E-state index in [0.29, 0.717) is 33.9 Å². The fraction of sp³-hybridized carbons (Fsp3) is 0.261. The predicted molar refractivity (Wildman–Crippen MR) is 132 cm³/mol. The molecule has 2 aromatic carbocycles. The molecule has 0 spiro atoms. The van der Waals surface area contributed by atoms with Gasteiger partial charge in [-0.2, -0.15) is 0 Å². The Morgan fingerprint density at radius 2 is 1.88 bits per heavy atom. The Labute approximate surface area is 204 Å². The highest BCUT2D eigenvalue weighted by atomic mass is 32.2. The average molecular weight is 498 g/mol. The summed E-state index contributed by atoms with van der Waals surface area (Å²) in [5.41, 5.74) is 1.49. The van der Waals surface area contributed by atoms with Crippen molar-refractivity contribution in [1.29, 1.82) is 0 Å². The molecule has 2 N–H and O–H groups in total. The first kappa shape index (κ1) is 23.7. The number of nitrogens with zero attached hydrogens (tertiary/aromatic N) is 3. The summed E-state index contributed by atoms with van der Waals surface area (Å²) in [5, 5.41) is 14.0. The van der Waals surface area contributed by atoms with Crippen molar-refractivity contribution in [2.45, 2.75) is 17.2 Å². The van der Waals surface area contributed by atoms with Crippen molar-refractivity contribution in [2.75, 3.05) is 34.9 Å². The van der Waals surface area contributed by atoms with E-state index in [1.54, 1.807) is 36.3 Å². The molecule has 176 valence electrons. The van der Waals surface area contributed by atoms with Crippen molar-refractivity contribution in [3.8, 4) is 5.75 Å². The molecular weight excluding hydrogens is 474 g/mol. The average Bonchev–Trinajstić information content (AvgIpc) is 3.46. The van der Waals surface area contributed by atoms with Gasteiger partial charge in [0.1, 0.15) is 5.75 Å². The molecule has 0 radical (unpaired) electrons. The van der Waals surface area contributed by atoms with Crippen LogP contribution in [-0.4, -0.2) is 47.3 Å². The molecule has 1 fully saturated rings. The SMILES string of the molecule is COc1ccc(N2CC(C(=O)Nc3nnc(SCCC(=O)Nc4ccccc4)s3)CC2=O)cc1. The highest BCUT2D eigenvalue weighted by Gasteiger charge is 2.35. The van der Waals surface area contributed by atoms with Gasteiger partial charge in [-0.05, 0) is 36.4 Å². The second-order valence-electron chi connectivity index (χ2n) is 7.48. The number of para-hydroxylation sites is 1. The zero-order valence-electron chi connectivity index (χ0n) is 18.4. The van der Waals surface area contributed by atoms with Crippen LogP contribution in [0.3, 0.4) is 0 Å². The fourth-order valence-corrected chi connectivity index (χ4v) is 5.16. The molecule has 3 aromatic rings. The Kier molecular flexibility index (Phi) is 7.76. The summed E-state index contributed by atoms with van der Waals surface area (Å²) in [7, 11) is 1.58. The molecule has 34 heavy (non-hydrogen) atoms. The van der Waals surface area contributed by atoms with Gasteiger partial charge in [0.25, 0.3) is 0 Å². The molecule has 1 aliphatic rings. The number of ether oxygens (including phenoxy) is 1. The van der Waals surface area contributed by atoms with Gasteiger partial charge in [0.2, 0.25) is 22.9 Å². The second-order valence-corrected chi connectivity index (χ2v) is 9.80. The lowest BCUT2D eigenvalue weighted by Crippen LogP contribution is -2.28. The second kappa shape index (κ2) is 11.1. The summed E-state index contributed by atoms with van der Waals surface area (Å²) < 4.78 is 5.80. The minimum absolute atomic E-state index is 0.0796. The molecule has 1 aromatic heterocycles. The molecule has 1 saturated heterocycles. The summed E-state index contributed by atoms with van der Waals surface area (Å²) in [6.07, 6.45) is 0.459. The van der Waals surface area contributed by atoms with Crippen LogP contribution in [0.25, 0.3) is 0 Å². The lowest BCUT2D eigenvalue weighted by molar-refractivity contribution is -0.122. The zero-order chi connectivity index (χ0) is 23.9. The Bertz CT molecular complexity index is 1150. The number of carbonyl (C=O) groups is 3. The van der Waals surface area contributed by atoms with Crippen LogP contribution < -0.4 is 20.3 Å². The van der Waals surface area contributed by atoms with Gasteiger partial charge in [-0.15, -0.1) is 10.2 Å². The number of benzene rings is 2. The van der Waals surface area contributed by atoms with E-state index in [9.17, 15) is 14.4 Å². The first-order valence-corrected chi connectivity index (χ1v) is 12.4. The van der Waals surface area contributed by atoms with E-state index in [0.717, 1.165) is 11.4 Å². The molecule has 0 saturated carbocycles. The standard InChI is InChI=1S/C23H23N5O4S2/c1-32-18-9-7-17(8-10-18)28-14-15(13-20(28)30)21(31)25-22-26-27-23(34-22)33-12-11-19(29)24-16-5-3-2-4-6-16/h2-10,15H,11-14H2,1H3,(H,24,29)(H,25,26,31). The Morgan fingerprint density at radius 3 is 2.62 bits per heavy atom. The predicted octanol–water partition coefficient (Wildman–Crippen LogP) is 3.66. The molecule has 11 heteroatoms. The van der Waals surface area contributed by atoms with Crippen LogP contribution in [0.5, 0.6) is 5.75 Å². The topological polar surface area (TPSA) is 114 Å². The van der Waals surface area contributed by atoms with Crippen molar-refractivity contribution in [2.24, 2.45) is 5.92 Å². The van der Waals surface area contributed by atoms with E-state index in [2.05, 4.69) is 20.8 Å². The Balaban J connectivity index is 1.23. The number of nitrogens with one attached hydrogen (secondary N) is 2. The lowest BCUT2D eigenvalue weighted by Gasteiger charge is -2.16. The fourth-order valence-electron chi connectivity index (χ4n) is 3.40. The maximum absolute atomic E-state index is 12.7. The number of carbonyl (C=O) groups excluding carboxylic acids is 3. The first-order valence-electron chi connectivity index (χ1n) is 10.6. The van der Waals surface area contributed by atoms with Gasteiger partial charge < -0.3 is 20.3 Å². The van der Waals surface area contributed by atoms with Crippen LogP contribution in [0.4, 0.5) is 16.5 Å². The first-order chi connectivity index (χ1) is 16.5. The van der Waals surface area contributed by atoms with E-state index < -0.39 is 5.92 Å². The maximum atomic E-state index is 12.7. The van der Waals surface area contributed by atoms with Gasteiger partial charge >= 0.3 is 0 Å². The minimum atomic E-state index is -0.476. The lowest BCUT2D eigenvalue weighted by atomic mass is 10.1. The van der Waals surface area contributed by atoms with Crippen molar-refractivity contribution in [1.82, 2.24) is 10.2 Å². The van der Waals surface area contributed by atoms with Crippen molar-refractivity contribution in [3.63, 3.8) is 0 Å². The largest absolute Gasteiger partial charge is 0.497 e. The van der Waals surface area contributed by atoms with Crippen LogP contribution in [0, 0.1) is 5.92 Å². The molecule has 3 amide bonds. The summed E-state index contributed by atoms with van der Waals surface area (Å²) in [6, 6.07) is 16.4. The van der Waals surface area contributed by atoms with Gasteiger partial charge in [0, 0.05) is 36.5 Å². The van der Waals surface area contributed by atoms with Gasteiger partial charge in [0.15, 0.2) is 4.34 Å². The maximum Gasteiger partial charge on any atom is 0.231 e. The molecule has 1 atom stereocenters. The molecule has 9 nitrogen and oxygen atoms in total. The molecule has 0 bridgehead atoms. The molecule has 2 heterocycles. The van der Waals surface area contributed by atoms with E-state index >= 15 is 0 Å². The van der Waals surface area contributed by atoms with Gasteiger partial charge in [-0.3, -0.25) is 14.4 Å². The van der Waals surface area contributed by atoms with Crippen molar-refractivity contribution in [3.05, 3.63) is 54.6 Å².